The van der Waals surface area contributed by atoms with Gasteiger partial charge in [-0.1, -0.05) is 12.1 Å². The number of hydrogen-bond donors (Lipinski definition) is 0. The fourth-order valence-corrected chi connectivity index (χ4v) is 3.45. The average molecular weight is 431 g/mol. The Labute approximate surface area is 183 Å². The molecule has 0 N–H and O–H groups in total. The van der Waals surface area contributed by atoms with Crippen LogP contribution in [0.5, 0.6) is 11.5 Å². The van der Waals surface area contributed by atoms with Crippen LogP contribution in [0.4, 0.5) is 4.39 Å². The van der Waals surface area contributed by atoms with Gasteiger partial charge in [0.25, 0.3) is 0 Å². The Hall–Kier alpha value is -2.64. The molecule has 1 aliphatic heterocycles. The van der Waals surface area contributed by atoms with Crippen LogP contribution in [0.2, 0.25) is 0 Å². The van der Waals surface area contributed by atoms with Gasteiger partial charge in [-0.25, -0.2) is 4.39 Å². The van der Waals surface area contributed by atoms with E-state index in [-0.39, 0.29) is 11.7 Å². The second-order valence-electron chi connectivity index (χ2n) is 7.51. The fourth-order valence-electron chi connectivity index (χ4n) is 3.45. The van der Waals surface area contributed by atoms with E-state index >= 15 is 0 Å². The van der Waals surface area contributed by atoms with E-state index in [0.717, 1.165) is 50.5 Å². The molecule has 1 saturated heterocycles. The Morgan fingerprint density at radius 3 is 2.13 bits per heavy atom. The lowest BCUT2D eigenvalue weighted by Crippen LogP contribution is -2.49. The quantitative estimate of drug-likeness (QED) is 0.513. The Kier molecular flexibility index (Phi) is 9.12. The van der Waals surface area contributed by atoms with Crippen molar-refractivity contribution in [2.45, 2.75) is 12.8 Å². The molecule has 168 valence electrons. The summed E-state index contributed by atoms with van der Waals surface area (Å²) in [5, 5.41) is 0. The molecule has 0 radical (unpaired) electrons. The molecule has 1 fully saturated rings. The van der Waals surface area contributed by atoms with Gasteiger partial charge in [0.2, 0.25) is 5.91 Å². The van der Waals surface area contributed by atoms with E-state index in [9.17, 15) is 9.18 Å². The number of amides is 1. The molecule has 1 aliphatic rings. The summed E-state index contributed by atoms with van der Waals surface area (Å²) in [6.45, 7) is 5.58. The highest BCUT2D eigenvalue weighted by molar-refractivity contribution is 5.76. The van der Waals surface area contributed by atoms with E-state index in [1.807, 2.05) is 29.2 Å². The first-order valence-electron chi connectivity index (χ1n) is 10.7. The molecule has 0 saturated carbocycles. The molecule has 0 aromatic heterocycles. The van der Waals surface area contributed by atoms with Crippen molar-refractivity contribution < 1.29 is 23.4 Å². The maximum absolute atomic E-state index is 12.9. The van der Waals surface area contributed by atoms with Gasteiger partial charge >= 0.3 is 0 Å². The van der Waals surface area contributed by atoms with Gasteiger partial charge in [0.15, 0.2) is 0 Å². The van der Waals surface area contributed by atoms with Crippen LogP contribution in [-0.2, 0) is 16.0 Å². The zero-order valence-corrected chi connectivity index (χ0v) is 18.1. The van der Waals surface area contributed by atoms with Crippen molar-refractivity contribution in [1.82, 2.24) is 9.80 Å². The smallest absolute Gasteiger partial charge is 0.222 e. The lowest BCUT2D eigenvalue weighted by Gasteiger charge is -2.34. The SMILES string of the molecule is COCCOc1ccc(CCC(=O)N2CCN(CCOc3ccc(F)cc3)CC2)cc1. The maximum Gasteiger partial charge on any atom is 0.222 e. The van der Waals surface area contributed by atoms with Crippen LogP contribution in [0.15, 0.2) is 48.5 Å². The van der Waals surface area contributed by atoms with Crippen LogP contribution < -0.4 is 9.47 Å². The number of nitrogens with zero attached hydrogens (tertiary/aromatic N) is 2. The van der Waals surface area contributed by atoms with E-state index in [1.54, 1.807) is 19.2 Å². The van der Waals surface area contributed by atoms with Crippen LogP contribution in [0.3, 0.4) is 0 Å². The Balaban J connectivity index is 1.31. The van der Waals surface area contributed by atoms with Crippen molar-refractivity contribution in [3.63, 3.8) is 0 Å². The molecular formula is C24H31FN2O4. The van der Waals surface area contributed by atoms with E-state index in [4.69, 9.17) is 14.2 Å². The molecule has 0 bridgehead atoms. The van der Waals surface area contributed by atoms with E-state index < -0.39 is 0 Å². The van der Waals surface area contributed by atoms with Gasteiger partial charge in [-0.2, -0.15) is 0 Å². The number of halogens is 1. The largest absolute Gasteiger partial charge is 0.492 e. The van der Waals surface area contributed by atoms with E-state index in [0.29, 0.717) is 32.0 Å². The number of aryl methyl sites for hydroxylation is 1. The lowest BCUT2D eigenvalue weighted by molar-refractivity contribution is -0.132. The molecule has 2 aromatic carbocycles. The summed E-state index contributed by atoms with van der Waals surface area (Å²) in [5.41, 5.74) is 1.13. The van der Waals surface area contributed by atoms with Crippen LogP contribution in [0, 0.1) is 5.82 Å². The van der Waals surface area contributed by atoms with Crippen LogP contribution >= 0.6 is 0 Å². The second-order valence-corrected chi connectivity index (χ2v) is 7.51. The van der Waals surface area contributed by atoms with Crippen molar-refractivity contribution in [2.24, 2.45) is 0 Å². The third kappa shape index (κ3) is 7.84. The minimum atomic E-state index is -0.267. The normalized spacial score (nSPS) is 14.5. The van der Waals surface area contributed by atoms with Crippen molar-refractivity contribution in [3.8, 4) is 11.5 Å². The van der Waals surface area contributed by atoms with Crippen LogP contribution in [0.25, 0.3) is 0 Å². The summed E-state index contributed by atoms with van der Waals surface area (Å²) in [7, 11) is 1.65. The number of hydrogen-bond acceptors (Lipinski definition) is 5. The number of carbonyl (C=O) groups is 1. The zero-order chi connectivity index (χ0) is 21.9. The van der Waals surface area contributed by atoms with Gasteiger partial charge in [0.05, 0.1) is 6.61 Å². The third-order valence-corrected chi connectivity index (χ3v) is 5.32. The van der Waals surface area contributed by atoms with Crippen LogP contribution in [0.1, 0.15) is 12.0 Å². The van der Waals surface area contributed by atoms with Gasteiger partial charge in [-0.3, -0.25) is 9.69 Å². The van der Waals surface area contributed by atoms with Crippen molar-refractivity contribution in [3.05, 3.63) is 59.9 Å². The van der Waals surface area contributed by atoms with E-state index in [2.05, 4.69) is 4.90 Å². The summed E-state index contributed by atoms with van der Waals surface area (Å²) in [4.78, 5) is 16.8. The highest BCUT2D eigenvalue weighted by Crippen LogP contribution is 2.15. The maximum atomic E-state index is 12.9. The molecule has 0 spiro atoms. The lowest BCUT2D eigenvalue weighted by atomic mass is 10.1. The molecule has 2 aromatic rings. The molecule has 3 rings (SSSR count). The first-order valence-corrected chi connectivity index (χ1v) is 10.7. The predicted molar refractivity (Wildman–Crippen MR) is 117 cm³/mol. The summed E-state index contributed by atoms with van der Waals surface area (Å²) >= 11 is 0. The average Bonchev–Trinajstić information content (AvgIpc) is 2.80. The van der Waals surface area contributed by atoms with Gasteiger partial charge in [-0.05, 0) is 48.4 Å². The number of piperazine rings is 1. The standard InChI is InChI=1S/C24H31FN2O4/c1-29-18-19-31-22-7-2-20(3-8-22)4-11-24(28)27-14-12-26(13-15-27)16-17-30-23-9-5-21(25)6-10-23/h2-3,5-10H,4,11-19H2,1H3. The highest BCUT2D eigenvalue weighted by Gasteiger charge is 2.20. The summed E-state index contributed by atoms with van der Waals surface area (Å²) in [5.74, 6) is 1.41. The number of benzene rings is 2. The fraction of sp³-hybridized carbons (Fsp3) is 0.458. The van der Waals surface area contributed by atoms with Crippen molar-refractivity contribution >= 4 is 5.91 Å². The predicted octanol–water partition coefficient (Wildman–Crippen LogP) is 3.01. The number of rotatable bonds is 11. The van der Waals surface area contributed by atoms with Gasteiger partial charge < -0.3 is 19.1 Å². The van der Waals surface area contributed by atoms with Crippen molar-refractivity contribution in [1.29, 1.82) is 0 Å². The number of ether oxygens (including phenoxy) is 3. The molecule has 31 heavy (non-hydrogen) atoms. The monoisotopic (exact) mass is 430 g/mol. The topological polar surface area (TPSA) is 51.2 Å². The Bertz CT molecular complexity index is 790. The molecule has 0 atom stereocenters. The zero-order valence-electron chi connectivity index (χ0n) is 18.1. The molecule has 0 unspecified atom stereocenters. The van der Waals surface area contributed by atoms with Gasteiger partial charge in [0, 0.05) is 46.3 Å². The molecule has 6 nitrogen and oxygen atoms in total. The molecule has 1 amide bonds. The van der Waals surface area contributed by atoms with Gasteiger partial charge in [-0.15, -0.1) is 0 Å². The minimum absolute atomic E-state index is 0.197. The summed E-state index contributed by atoms with van der Waals surface area (Å²) in [6, 6.07) is 13.9. The van der Waals surface area contributed by atoms with E-state index in [1.165, 1.54) is 12.1 Å². The molecular weight excluding hydrogens is 399 g/mol. The van der Waals surface area contributed by atoms with Crippen molar-refractivity contribution in [2.75, 3.05) is 59.7 Å². The number of methoxy groups -OCH3 is 1. The summed E-state index contributed by atoms with van der Waals surface area (Å²) in [6.07, 6.45) is 1.24. The highest BCUT2D eigenvalue weighted by atomic mass is 19.1. The van der Waals surface area contributed by atoms with Crippen LogP contribution in [-0.4, -0.2) is 75.4 Å². The minimum Gasteiger partial charge on any atom is -0.492 e. The third-order valence-electron chi connectivity index (χ3n) is 5.32. The summed E-state index contributed by atoms with van der Waals surface area (Å²) < 4.78 is 29.1. The molecule has 7 heteroatoms. The first-order chi connectivity index (χ1) is 15.1. The Morgan fingerprint density at radius 2 is 1.48 bits per heavy atom. The first kappa shape index (κ1) is 23.0. The van der Waals surface area contributed by atoms with Gasteiger partial charge in [0.1, 0.15) is 30.5 Å². The Morgan fingerprint density at radius 1 is 0.871 bits per heavy atom. The molecule has 1 heterocycles. The second kappa shape index (κ2) is 12.3. The number of carbonyl (C=O) groups excluding carboxylic acids is 1. The molecule has 0 aliphatic carbocycles.